The van der Waals surface area contributed by atoms with Crippen molar-refractivity contribution in [2.45, 2.75) is 19.8 Å². The normalized spacial score (nSPS) is 16.5. The molecule has 0 radical (unpaired) electrons. The van der Waals surface area contributed by atoms with Gasteiger partial charge in [-0.25, -0.2) is 13.4 Å². The molecule has 2 heterocycles. The van der Waals surface area contributed by atoms with Crippen molar-refractivity contribution in [3.05, 3.63) is 52.7 Å². The van der Waals surface area contributed by atoms with Crippen LogP contribution in [-0.4, -0.2) is 31.6 Å². The number of aromatic nitrogens is 1. The quantitative estimate of drug-likeness (QED) is 0.887. The number of carbonyl (C=O) groups is 1. The third-order valence-electron chi connectivity index (χ3n) is 3.98. The predicted octanol–water partition coefficient (Wildman–Crippen LogP) is 3.23. The molecule has 0 bridgehead atoms. The van der Waals surface area contributed by atoms with Crippen molar-refractivity contribution < 1.29 is 13.2 Å². The van der Waals surface area contributed by atoms with Crippen molar-refractivity contribution in [3.63, 3.8) is 0 Å². The molecule has 1 amide bonds. The van der Waals surface area contributed by atoms with Gasteiger partial charge < -0.3 is 5.32 Å². The van der Waals surface area contributed by atoms with Gasteiger partial charge in [0, 0.05) is 18.3 Å². The van der Waals surface area contributed by atoms with Crippen molar-refractivity contribution in [2.24, 2.45) is 0 Å². The molecule has 8 heteroatoms. The number of rotatable bonds is 3. The number of nitrogens with zero attached hydrogens (tertiary/aromatic N) is 2. The standard InChI is InChI=1S/C17H18ClN3O3S/c1-12-4-7-16(19-11-12)20-17(22)13-5-6-14(18)15(10-13)21-8-2-3-9-25(21,23)24/h4-7,10-11H,2-3,8-9H2,1H3,(H,19,20,22). The highest BCUT2D eigenvalue weighted by molar-refractivity contribution is 7.92. The van der Waals surface area contributed by atoms with E-state index in [9.17, 15) is 13.2 Å². The summed E-state index contributed by atoms with van der Waals surface area (Å²) in [5, 5.41) is 3.00. The number of sulfonamides is 1. The topological polar surface area (TPSA) is 79.4 Å². The summed E-state index contributed by atoms with van der Waals surface area (Å²) in [6.07, 6.45) is 3.05. The van der Waals surface area contributed by atoms with E-state index in [-0.39, 0.29) is 11.7 Å². The lowest BCUT2D eigenvalue weighted by Gasteiger charge is -2.29. The average molecular weight is 380 g/mol. The number of anilines is 2. The summed E-state index contributed by atoms with van der Waals surface area (Å²) >= 11 is 6.19. The molecule has 1 aliphatic heterocycles. The highest BCUT2D eigenvalue weighted by atomic mass is 35.5. The molecule has 0 aliphatic carbocycles. The Labute approximate surface area is 151 Å². The number of nitrogens with one attached hydrogen (secondary N) is 1. The molecule has 0 atom stereocenters. The van der Waals surface area contributed by atoms with E-state index < -0.39 is 10.0 Å². The van der Waals surface area contributed by atoms with E-state index in [4.69, 9.17) is 11.6 Å². The van der Waals surface area contributed by atoms with E-state index in [1.807, 2.05) is 13.0 Å². The Morgan fingerprint density at radius 3 is 2.72 bits per heavy atom. The third kappa shape index (κ3) is 3.93. The molecular weight excluding hydrogens is 362 g/mol. The van der Waals surface area contributed by atoms with Crippen molar-refractivity contribution in [1.82, 2.24) is 4.98 Å². The Hall–Kier alpha value is -2.12. The lowest BCUT2D eigenvalue weighted by atomic mass is 10.1. The van der Waals surface area contributed by atoms with Crippen LogP contribution in [0.4, 0.5) is 11.5 Å². The maximum atomic E-state index is 12.4. The summed E-state index contributed by atoms with van der Waals surface area (Å²) in [6, 6.07) is 8.16. The minimum atomic E-state index is -3.40. The lowest BCUT2D eigenvalue weighted by molar-refractivity contribution is 0.102. The molecule has 6 nitrogen and oxygen atoms in total. The van der Waals surface area contributed by atoms with Gasteiger partial charge in [0.25, 0.3) is 5.91 Å². The van der Waals surface area contributed by atoms with Crippen LogP contribution in [0.25, 0.3) is 0 Å². The molecule has 0 unspecified atom stereocenters. The molecule has 132 valence electrons. The molecule has 2 aromatic rings. The number of halogens is 1. The fraction of sp³-hybridized carbons (Fsp3) is 0.294. The maximum Gasteiger partial charge on any atom is 0.256 e. The molecule has 1 aromatic carbocycles. The first kappa shape index (κ1) is 17.7. The zero-order valence-electron chi connectivity index (χ0n) is 13.7. The van der Waals surface area contributed by atoms with Gasteiger partial charge in [0.15, 0.2) is 0 Å². The number of aryl methyl sites for hydroxylation is 1. The molecular formula is C17H18ClN3O3S. The van der Waals surface area contributed by atoms with Crippen LogP contribution >= 0.6 is 11.6 Å². The van der Waals surface area contributed by atoms with Gasteiger partial charge in [0.2, 0.25) is 10.0 Å². The van der Waals surface area contributed by atoms with Gasteiger partial charge in [-0.2, -0.15) is 0 Å². The maximum absolute atomic E-state index is 12.4. The molecule has 0 spiro atoms. The number of hydrogen-bond acceptors (Lipinski definition) is 4. The van der Waals surface area contributed by atoms with Gasteiger partial charge in [-0.05, 0) is 49.6 Å². The fourth-order valence-electron chi connectivity index (χ4n) is 2.63. The Bertz CT molecular complexity index is 898. The molecule has 1 fully saturated rings. The summed E-state index contributed by atoms with van der Waals surface area (Å²) in [4.78, 5) is 16.6. The summed E-state index contributed by atoms with van der Waals surface area (Å²) in [6.45, 7) is 2.27. The minimum absolute atomic E-state index is 0.0903. The summed E-state index contributed by atoms with van der Waals surface area (Å²) in [5.41, 5.74) is 1.65. The molecule has 1 aromatic heterocycles. The zero-order valence-corrected chi connectivity index (χ0v) is 15.3. The Balaban J connectivity index is 1.88. The zero-order chi connectivity index (χ0) is 18.0. The second-order valence-electron chi connectivity index (χ2n) is 5.94. The van der Waals surface area contributed by atoms with E-state index in [0.717, 1.165) is 12.0 Å². The predicted molar refractivity (Wildman–Crippen MR) is 98.7 cm³/mol. The Morgan fingerprint density at radius 2 is 2.04 bits per heavy atom. The van der Waals surface area contributed by atoms with Crippen LogP contribution in [0.3, 0.4) is 0 Å². The first-order valence-electron chi connectivity index (χ1n) is 7.91. The van der Waals surface area contributed by atoms with Crippen LogP contribution < -0.4 is 9.62 Å². The van der Waals surface area contributed by atoms with Crippen LogP contribution in [0, 0.1) is 6.92 Å². The van der Waals surface area contributed by atoms with Gasteiger partial charge in [-0.1, -0.05) is 17.7 Å². The van der Waals surface area contributed by atoms with Crippen LogP contribution in [0.5, 0.6) is 0 Å². The van der Waals surface area contributed by atoms with Gasteiger partial charge in [-0.3, -0.25) is 9.10 Å². The van der Waals surface area contributed by atoms with E-state index in [0.29, 0.717) is 35.1 Å². The first-order valence-corrected chi connectivity index (χ1v) is 9.89. The minimum Gasteiger partial charge on any atom is -0.307 e. The fourth-order valence-corrected chi connectivity index (χ4v) is 4.55. The lowest BCUT2D eigenvalue weighted by Crippen LogP contribution is -2.38. The highest BCUT2D eigenvalue weighted by Crippen LogP contribution is 2.31. The van der Waals surface area contributed by atoms with Gasteiger partial charge in [0.05, 0.1) is 16.5 Å². The second kappa shape index (κ2) is 7.01. The molecule has 1 N–H and O–H groups in total. The number of benzene rings is 1. The van der Waals surface area contributed by atoms with Crippen LogP contribution in [0.15, 0.2) is 36.5 Å². The van der Waals surface area contributed by atoms with Gasteiger partial charge in [-0.15, -0.1) is 0 Å². The monoisotopic (exact) mass is 379 g/mol. The van der Waals surface area contributed by atoms with Crippen LogP contribution in [-0.2, 0) is 10.0 Å². The Kier molecular flexibility index (Phi) is 4.96. The molecule has 25 heavy (non-hydrogen) atoms. The SMILES string of the molecule is Cc1ccc(NC(=O)c2ccc(Cl)c(N3CCCCS3(=O)=O)c2)nc1. The number of carbonyl (C=O) groups excluding carboxylic acids is 1. The largest absolute Gasteiger partial charge is 0.307 e. The summed E-state index contributed by atoms with van der Waals surface area (Å²) in [5.74, 6) is 0.147. The smallest absolute Gasteiger partial charge is 0.256 e. The van der Waals surface area contributed by atoms with Crippen molar-refractivity contribution in [3.8, 4) is 0 Å². The summed E-state index contributed by atoms with van der Waals surface area (Å²) < 4.78 is 25.9. The van der Waals surface area contributed by atoms with E-state index >= 15 is 0 Å². The second-order valence-corrected chi connectivity index (χ2v) is 8.36. The molecule has 1 aliphatic rings. The number of hydrogen-bond donors (Lipinski definition) is 1. The van der Waals surface area contributed by atoms with Crippen LogP contribution in [0.1, 0.15) is 28.8 Å². The van der Waals surface area contributed by atoms with Gasteiger partial charge in [0.1, 0.15) is 5.82 Å². The van der Waals surface area contributed by atoms with E-state index in [1.54, 1.807) is 24.4 Å². The van der Waals surface area contributed by atoms with E-state index in [2.05, 4.69) is 10.3 Å². The number of amides is 1. The Morgan fingerprint density at radius 1 is 1.24 bits per heavy atom. The van der Waals surface area contributed by atoms with E-state index in [1.165, 1.54) is 10.4 Å². The van der Waals surface area contributed by atoms with Gasteiger partial charge >= 0.3 is 0 Å². The third-order valence-corrected chi connectivity index (χ3v) is 6.15. The summed E-state index contributed by atoms with van der Waals surface area (Å²) in [7, 11) is -3.40. The van der Waals surface area contributed by atoms with Crippen LogP contribution in [0.2, 0.25) is 5.02 Å². The highest BCUT2D eigenvalue weighted by Gasteiger charge is 2.28. The van der Waals surface area contributed by atoms with Crippen molar-refractivity contribution >= 4 is 39.0 Å². The average Bonchev–Trinajstić information content (AvgIpc) is 2.57. The molecule has 1 saturated heterocycles. The molecule has 3 rings (SSSR count). The van der Waals surface area contributed by atoms with Crippen molar-refractivity contribution in [1.29, 1.82) is 0 Å². The van der Waals surface area contributed by atoms with Crippen molar-refractivity contribution in [2.75, 3.05) is 21.9 Å². The number of pyridine rings is 1. The first-order chi connectivity index (χ1) is 11.9. The molecule has 0 saturated carbocycles.